The van der Waals surface area contributed by atoms with Gasteiger partial charge in [0.2, 0.25) is 0 Å². The molecule has 1 heterocycles. The summed E-state index contributed by atoms with van der Waals surface area (Å²) in [7, 11) is 0. The second-order valence-electron chi connectivity index (χ2n) is 3.72. The Hall–Kier alpha value is -0.630. The summed E-state index contributed by atoms with van der Waals surface area (Å²) in [5, 5.41) is 8.61. The average molecular weight is 197 g/mol. The Morgan fingerprint density at radius 3 is 3.00 bits per heavy atom. The van der Waals surface area contributed by atoms with Crippen LogP contribution in [-0.2, 0) is 4.74 Å². The molecule has 2 unspecified atom stereocenters. The average Bonchev–Trinajstić information content (AvgIpc) is 2.69. The van der Waals surface area contributed by atoms with Crippen LogP contribution >= 0.6 is 0 Å². The van der Waals surface area contributed by atoms with Crippen molar-refractivity contribution in [3.63, 3.8) is 0 Å². The van der Waals surface area contributed by atoms with Crippen LogP contribution in [0.4, 0.5) is 0 Å². The minimum atomic E-state index is -0.378. The Balaban J connectivity index is 2.27. The predicted octanol–water partition coefficient (Wildman–Crippen LogP) is 0.338. The lowest BCUT2D eigenvalue weighted by Crippen LogP contribution is -2.40. The van der Waals surface area contributed by atoms with Gasteiger partial charge in [-0.3, -0.25) is 4.90 Å². The lowest BCUT2D eigenvalue weighted by atomic mass is 10.2. The van der Waals surface area contributed by atoms with Crippen LogP contribution < -0.4 is 5.73 Å². The largest absolute Gasteiger partial charge is 0.377 e. The Morgan fingerprint density at radius 2 is 2.50 bits per heavy atom. The maximum Gasteiger partial charge on any atom is 0.106 e. The molecule has 0 aromatic heterocycles. The summed E-state index contributed by atoms with van der Waals surface area (Å²) >= 11 is 0. The molecule has 0 spiro atoms. The van der Waals surface area contributed by atoms with Crippen LogP contribution in [0.2, 0.25) is 0 Å². The maximum atomic E-state index is 8.61. The fourth-order valence-corrected chi connectivity index (χ4v) is 1.73. The molecule has 80 valence electrons. The monoisotopic (exact) mass is 197 g/mol. The van der Waals surface area contributed by atoms with E-state index in [1.807, 2.05) is 6.07 Å². The molecule has 1 saturated heterocycles. The molecule has 0 aromatic rings. The number of hydrogen-bond acceptors (Lipinski definition) is 4. The lowest BCUT2D eigenvalue weighted by molar-refractivity contribution is 0.0744. The number of rotatable bonds is 5. The molecular formula is C10H19N3O. The van der Waals surface area contributed by atoms with Crippen molar-refractivity contribution in [2.75, 3.05) is 26.2 Å². The molecule has 4 heteroatoms. The molecule has 14 heavy (non-hydrogen) atoms. The second kappa shape index (κ2) is 5.97. The van der Waals surface area contributed by atoms with Gasteiger partial charge in [0.15, 0.2) is 0 Å². The summed E-state index contributed by atoms with van der Waals surface area (Å²) in [6.45, 7) is 5.44. The Labute approximate surface area is 85.6 Å². The van der Waals surface area contributed by atoms with Crippen LogP contribution in [0.15, 0.2) is 0 Å². The molecule has 0 amide bonds. The Bertz CT molecular complexity index is 196. The highest BCUT2D eigenvalue weighted by atomic mass is 16.5. The van der Waals surface area contributed by atoms with Crippen molar-refractivity contribution in [3.8, 4) is 6.07 Å². The van der Waals surface area contributed by atoms with Crippen LogP contribution in [-0.4, -0.2) is 43.3 Å². The topological polar surface area (TPSA) is 62.3 Å². The van der Waals surface area contributed by atoms with Crippen molar-refractivity contribution in [1.29, 1.82) is 5.26 Å². The number of nitriles is 1. The van der Waals surface area contributed by atoms with Gasteiger partial charge in [-0.25, -0.2) is 0 Å². The highest BCUT2D eigenvalue weighted by Crippen LogP contribution is 2.13. The van der Waals surface area contributed by atoms with Gasteiger partial charge >= 0.3 is 0 Å². The number of ether oxygens (including phenoxy) is 1. The van der Waals surface area contributed by atoms with Crippen LogP contribution in [0.5, 0.6) is 0 Å². The van der Waals surface area contributed by atoms with Gasteiger partial charge in [-0.15, -0.1) is 0 Å². The molecule has 2 atom stereocenters. The van der Waals surface area contributed by atoms with E-state index in [0.29, 0.717) is 12.6 Å². The minimum Gasteiger partial charge on any atom is -0.377 e. The molecule has 1 aliphatic rings. The van der Waals surface area contributed by atoms with Gasteiger partial charge in [-0.05, 0) is 19.4 Å². The van der Waals surface area contributed by atoms with Crippen molar-refractivity contribution < 1.29 is 4.74 Å². The summed E-state index contributed by atoms with van der Waals surface area (Å²) in [4.78, 5) is 2.18. The third-order valence-corrected chi connectivity index (χ3v) is 2.55. The number of hydrogen-bond donors (Lipinski definition) is 1. The first-order valence-corrected chi connectivity index (χ1v) is 5.25. The summed E-state index contributed by atoms with van der Waals surface area (Å²) in [5.41, 5.74) is 5.58. The van der Waals surface area contributed by atoms with Crippen LogP contribution in [0.1, 0.15) is 19.8 Å². The van der Waals surface area contributed by atoms with Crippen molar-refractivity contribution in [2.24, 2.45) is 5.73 Å². The highest BCUT2D eigenvalue weighted by Gasteiger charge is 2.19. The zero-order chi connectivity index (χ0) is 10.4. The van der Waals surface area contributed by atoms with Crippen molar-refractivity contribution in [1.82, 2.24) is 4.90 Å². The molecule has 0 saturated carbocycles. The van der Waals surface area contributed by atoms with Crippen molar-refractivity contribution >= 4 is 0 Å². The van der Waals surface area contributed by atoms with E-state index in [0.717, 1.165) is 32.5 Å². The van der Waals surface area contributed by atoms with Gasteiger partial charge in [-0.2, -0.15) is 5.26 Å². The van der Waals surface area contributed by atoms with Gasteiger partial charge in [-0.1, -0.05) is 6.92 Å². The summed E-state index contributed by atoms with van der Waals surface area (Å²) < 4.78 is 5.54. The molecule has 4 nitrogen and oxygen atoms in total. The first-order chi connectivity index (χ1) is 6.76. The maximum absolute atomic E-state index is 8.61. The second-order valence-corrected chi connectivity index (χ2v) is 3.72. The minimum absolute atomic E-state index is 0.348. The third kappa shape index (κ3) is 3.62. The fraction of sp³-hybridized carbons (Fsp3) is 0.900. The number of nitrogens with zero attached hydrogens (tertiary/aromatic N) is 2. The van der Waals surface area contributed by atoms with Gasteiger partial charge in [0.1, 0.15) is 6.04 Å². The van der Waals surface area contributed by atoms with E-state index in [4.69, 9.17) is 15.7 Å². The van der Waals surface area contributed by atoms with E-state index in [1.165, 1.54) is 0 Å². The van der Waals surface area contributed by atoms with E-state index in [1.54, 1.807) is 0 Å². The van der Waals surface area contributed by atoms with E-state index in [2.05, 4.69) is 11.8 Å². The highest BCUT2D eigenvalue weighted by molar-refractivity contribution is 4.89. The van der Waals surface area contributed by atoms with Gasteiger partial charge in [0, 0.05) is 19.7 Å². The number of nitrogens with two attached hydrogens (primary N) is 1. The molecule has 0 radical (unpaired) electrons. The van der Waals surface area contributed by atoms with E-state index in [-0.39, 0.29) is 6.04 Å². The molecule has 1 aliphatic heterocycles. The Kier molecular flexibility index (Phi) is 4.88. The molecule has 2 N–H and O–H groups in total. The lowest BCUT2D eigenvalue weighted by Gasteiger charge is -2.24. The standard InChI is InChI=1S/C10H19N3O/c1-2-13(7-9(12)6-11)8-10-4-3-5-14-10/h9-10H,2-5,7-8,12H2,1H3. The summed E-state index contributed by atoms with van der Waals surface area (Å²) in [6, 6.07) is 1.67. The molecule has 1 fully saturated rings. The van der Waals surface area contributed by atoms with E-state index < -0.39 is 0 Å². The summed E-state index contributed by atoms with van der Waals surface area (Å²) in [5.74, 6) is 0. The smallest absolute Gasteiger partial charge is 0.106 e. The van der Waals surface area contributed by atoms with Crippen molar-refractivity contribution in [3.05, 3.63) is 0 Å². The number of likely N-dealkylation sites (N-methyl/N-ethyl adjacent to an activating group) is 1. The molecular weight excluding hydrogens is 178 g/mol. The third-order valence-electron chi connectivity index (χ3n) is 2.55. The predicted molar refractivity (Wildman–Crippen MR) is 54.7 cm³/mol. The first kappa shape index (κ1) is 11.4. The molecule has 1 rings (SSSR count). The quantitative estimate of drug-likeness (QED) is 0.690. The van der Waals surface area contributed by atoms with Gasteiger partial charge in [0.05, 0.1) is 12.2 Å². The van der Waals surface area contributed by atoms with Crippen LogP contribution in [0.3, 0.4) is 0 Å². The molecule has 0 aromatic carbocycles. The van der Waals surface area contributed by atoms with E-state index >= 15 is 0 Å². The van der Waals surface area contributed by atoms with Gasteiger partial charge < -0.3 is 10.5 Å². The van der Waals surface area contributed by atoms with Crippen LogP contribution in [0, 0.1) is 11.3 Å². The van der Waals surface area contributed by atoms with Crippen LogP contribution in [0.25, 0.3) is 0 Å². The summed E-state index contributed by atoms with van der Waals surface area (Å²) in [6.07, 6.45) is 2.64. The Morgan fingerprint density at radius 1 is 1.71 bits per heavy atom. The first-order valence-electron chi connectivity index (χ1n) is 5.25. The fourth-order valence-electron chi connectivity index (χ4n) is 1.73. The van der Waals surface area contributed by atoms with E-state index in [9.17, 15) is 0 Å². The SMILES string of the molecule is CCN(CC(N)C#N)CC1CCCO1. The zero-order valence-electron chi connectivity index (χ0n) is 8.78. The van der Waals surface area contributed by atoms with Crippen molar-refractivity contribution in [2.45, 2.75) is 31.9 Å². The van der Waals surface area contributed by atoms with Gasteiger partial charge in [0.25, 0.3) is 0 Å². The zero-order valence-corrected chi connectivity index (χ0v) is 8.78. The molecule has 0 aliphatic carbocycles. The molecule has 0 bridgehead atoms. The normalized spacial score (nSPS) is 23.7.